The Morgan fingerprint density at radius 2 is 2.05 bits per heavy atom. The molecule has 1 amide bonds. The highest BCUT2D eigenvalue weighted by Crippen LogP contribution is 2.28. The minimum absolute atomic E-state index is 0.000418. The van der Waals surface area contributed by atoms with E-state index in [4.69, 9.17) is 11.6 Å². The van der Waals surface area contributed by atoms with Crippen molar-refractivity contribution in [2.24, 2.45) is 0 Å². The highest BCUT2D eigenvalue weighted by Gasteiger charge is 2.29. The summed E-state index contributed by atoms with van der Waals surface area (Å²) in [5, 5.41) is 3.11. The molecule has 5 nitrogen and oxygen atoms in total. The molecule has 20 heavy (non-hydrogen) atoms. The first-order valence-electron chi connectivity index (χ1n) is 6.41. The monoisotopic (exact) mass is 316 g/mol. The Kier molecular flexibility index (Phi) is 4.25. The first kappa shape index (κ1) is 15.1. The number of hydrogen-bond acceptors (Lipinski definition) is 3. The van der Waals surface area contributed by atoms with Crippen LogP contribution >= 0.6 is 11.6 Å². The van der Waals surface area contributed by atoms with E-state index in [2.05, 4.69) is 5.32 Å². The molecule has 1 aromatic carbocycles. The van der Waals surface area contributed by atoms with Gasteiger partial charge in [-0.3, -0.25) is 9.10 Å². The number of anilines is 1. The van der Waals surface area contributed by atoms with Gasteiger partial charge in [0, 0.05) is 23.2 Å². The summed E-state index contributed by atoms with van der Waals surface area (Å²) < 4.78 is 25.1. The maximum atomic E-state index is 12.0. The molecule has 1 fully saturated rings. The Morgan fingerprint density at radius 3 is 2.60 bits per heavy atom. The number of nitrogens with zero attached hydrogens (tertiary/aromatic N) is 1. The predicted molar refractivity (Wildman–Crippen MR) is 79.8 cm³/mol. The zero-order chi connectivity index (χ0) is 14.9. The van der Waals surface area contributed by atoms with E-state index in [0.717, 1.165) is 0 Å². The molecule has 0 atom stereocenters. The fraction of sp³-hybridized carbons (Fsp3) is 0.462. The molecule has 0 radical (unpaired) electrons. The van der Waals surface area contributed by atoms with Crippen molar-refractivity contribution in [1.29, 1.82) is 0 Å². The average molecular weight is 317 g/mol. The maximum Gasteiger partial charge on any atom is 0.251 e. The smallest absolute Gasteiger partial charge is 0.251 e. The summed E-state index contributed by atoms with van der Waals surface area (Å²) in [5.41, 5.74) is 0.812. The number of benzene rings is 1. The summed E-state index contributed by atoms with van der Waals surface area (Å²) in [4.78, 5) is 12.0. The van der Waals surface area contributed by atoms with E-state index in [1.165, 1.54) is 10.4 Å². The lowest BCUT2D eigenvalue weighted by atomic mass is 10.1. The van der Waals surface area contributed by atoms with Crippen LogP contribution in [-0.2, 0) is 10.0 Å². The minimum atomic E-state index is -3.28. The van der Waals surface area contributed by atoms with Gasteiger partial charge in [0.15, 0.2) is 0 Å². The van der Waals surface area contributed by atoms with Crippen molar-refractivity contribution in [3.05, 3.63) is 28.8 Å². The third-order valence-corrected chi connectivity index (χ3v) is 5.04. The zero-order valence-electron chi connectivity index (χ0n) is 11.4. The quantitative estimate of drug-likeness (QED) is 0.927. The first-order valence-corrected chi connectivity index (χ1v) is 8.40. The molecule has 1 aromatic rings. The van der Waals surface area contributed by atoms with Crippen LogP contribution in [0.4, 0.5) is 5.69 Å². The number of nitrogens with one attached hydrogen (secondary N) is 1. The number of halogens is 1. The Balaban J connectivity index is 2.37. The SMILES string of the molecule is CC(C)NC(=O)c1cc(Cl)cc(N2CCCS2(=O)=O)c1. The van der Waals surface area contributed by atoms with Crippen LogP contribution in [0.15, 0.2) is 18.2 Å². The van der Waals surface area contributed by atoms with Gasteiger partial charge >= 0.3 is 0 Å². The summed E-state index contributed by atoms with van der Waals surface area (Å²) in [6.07, 6.45) is 0.586. The number of rotatable bonds is 3. The molecule has 0 aromatic heterocycles. The van der Waals surface area contributed by atoms with Crippen LogP contribution in [0.2, 0.25) is 5.02 Å². The normalized spacial score (nSPS) is 17.5. The third-order valence-electron chi connectivity index (χ3n) is 2.95. The van der Waals surface area contributed by atoms with Crippen molar-refractivity contribution in [1.82, 2.24) is 5.32 Å². The van der Waals surface area contributed by atoms with Gasteiger partial charge in [-0.05, 0) is 38.5 Å². The fourth-order valence-corrected chi connectivity index (χ4v) is 3.90. The molecule has 1 aliphatic rings. The molecule has 0 aliphatic carbocycles. The summed E-state index contributed by atoms with van der Waals surface area (Å²) in [6.45, 7) is 4.14. The number of sulfonamides is 1. The Hall–Kier alpha value is -1.27. The standard InChI is InChI=1S/C13H17ClN2O3S/c1-9(2)15-13(17)10-6-11(14)8-12(7-10)16-4-3-5-20(16,18)19/h6-9H,3-5H2,1-2H3,(H,15,17). The third kappa shape index (κ3) is 3.24. The van der Waals surface area contributed by atoms with Crippen LogP contribution in [-0.4, -0.2) is 32.7 Å². The molecule has 0 spiro atoms. The molecular formula is C13H17ClN2O3S. The van der Waals surface area contributed by atoms with Crippen LogP contribution in [0.5, 0.6) is 0 Å². The zero-order valence-corrected chi connectivity index (χ0v) is 13.0. The molecule has 1 saturated heterocycles. The number of carbonyl (C=O) groups excluding carboxylic acids is 1. The van der Waals surface area contributed by atoms with Gasteiger partial charge in [-0.15, -0.1) is 0 Å². The number of carbonyl (C=O) groups is 1. The Morgan fingerprint density at radius 1 is 1.35 bits per heavy atom. The second-order valence-corrected chi connectivity index (χ2v) is 7.52. The first-order chi connectivity index (χ1) is 9.29. The lowest BCUT2D eigenvalue weighted by Gasteiger charge is -2.18. The van der Waals surface area contributed by atoms with E-state index in [9.17, 15) is 13.2 Å². The molecule has 7 heteroatoms. The van der Waals surface area contributed by atoms with Gasteiger partial charge in [0.1, 0.15) is 0 Å². The van der Waals surface area contributed by atoms with Crippen LogP contribution in [0.3, 0.4) is 0 Å². The summed E-state index contributed by atoms with van der Waals surface area (Å²) in [6, 6.07) is 4.66. The van der Waals surface area contributed by atoms with Gasteiger partial charge in [0.2, 0.25) is 10.0 Å². The van der Waals surface area contributed by atoms with E-state index >= 15 is 0 Å². The van der Waals surface area contributed by atoms with Crippen molar-refractivity contribution in [3.63, 3.8) is 0 Å². The molecule has 110 valence electrons. The number of amides is 1. The van der Waals surface area contributed by atoms with E-state index in [1.54, 1.807) is 12.1 Å². The summed E-state index contributed by atoms with van der Waals surface area (Å²) >= 11 is 6.00. The lowest BCUT2D eigenvalue weighted by Crippen LogP contribution is -2.30. The summed E-state index contributed by atoms with van der Waals surface area (Å²) in [7, 11) is -3.28. The van der Waals surface area contributed by atoms with Crippen molar-refractivity contribution in [2.75, 3.05) is 16.6 Å². The van der Waals surface area contributed by atoms with Gasteiger partial charge in [0.25, 0.3) is 5.91 Å². The van der Waals surface area contributed by atoms with Crippen molar-refractivity contribution < 1.29 is 13.2 Å². The lowest BCUT2D eigenvalue weighted by molar-refractivity contribution is 0.0943. The Labute approximate surface area is 124 Å². The molecular weight excluding hydrogens is 300 g/mol. The van der Waals surface area contributed by atoms with Gasteiger partial charge in [0.05, 0.1) is 11.4 Å². The maximum absolute atomic E-state index is 12.0. The largest absolute Gasteiger partial charge is 0.350 e. The predicted octanol–water partition coefficient (Wildman–Crippen LogP) is 2.02. The van der Waals surface area contributed by atoms with Gasteiger partial charge in [-0.1, -0.05) is 11.6 Å². The molecule has 2 rings (SSSR count). The van der Waals surface area contributed by atoms with Gasteiger partial charge < -0.3 is 5.32 Å². The van der Waals surface area contributed by atoms with Gasteiger partial charge in [-0.2, -0.15) is 0 Å². The Bertz CT molecular complexity index is 629. The molecule has 0 bridgehead atoms. The van der Waals surface area contributed by atoms with Crippen molar-refractivity contribution in [3.8, 4) is 0 Å². The molecule has 1 heterocycles. The highest BCUT2D eigenvalue weighted by atomic mass is 35.5. The van der Waals surface area contributed by atoms with E-state index in [-0.39, 0.29) is 17.7 Å². The minimum Gasteiger partial charge on any atom is -0.350 e. The van der Waals surface area contributed by atoms with Crippen LogP contribution in [0.25, 0.3) is 0 Å². The number of hydrogen-bond donors (Lipinski definition) is 1. The van der Waals surface area contributed by atoms with E-state index < -0.39 is 10.0 Å². The van der Waals surface area contributed by atoms with Crippen LogP contribution in [0, 0.1) is 0 Å². The highest BCUT2D eigenvalue weighted by molar-refractivity contribution is 7.93. The molecule has 0 unspecified atom stereocenters. The second kappa shape index (κ2) is 5.61. The fourth-order valence-electron chi connectivity index (χ4n) is 2.12. The second-order valence-electron chi connectivity index (χ2n) is 5.07. The van der Waals surface area contributed by atoms with E-state index in [0.29, 0.717) is 29.2 Å². The molecule has 1 aliphatic heterocycles. The topological polar surface area (TPSA) is 66.5 Å². The average Bonchev–Trinajstić information content (AvgIpc) is 2.67. The summed E-state index contributed by atoms with van der Waals surface area (Å²) in [5.74, 6) is -0.132. The molecule has 1 N–H and O–H groups in total. The van der Waals surface area contributed by atoms with Crippen LogP contribution < -0.4 is 9.62 Å². The van der Waals surface area contributed by atoms with Crippen molar-refractivity contribution in [2.45, 2.75) is 26.3 Å². The molecule has 0 saturated carbocycles. The van der Waals surface area contributed by atoms with Gasteiger partial charge in [-0.25, -0.2) is 8.42 Å². The van der Waals surface area contributed by atoms with Crippen molar-refractivity contribution >= 4 is 33.2 Å². The van der Waals surface area contributed by atoms with Crippen LogP contribution in [0.1, 0.15) is 30.6 Å². The van der Waals surface area contributed by atoms with E-state index in [1.807, 2.05) is 13.8 Å².